The molecule has 2 atom stereocenters. The van der Waals surface area contributed by atoms with Gasteiger partial charge in [0.05, 0.1) is 17.3 Å². The molecule has 1 aliphatic heterocycles. The number of hydrogen-bond acceptors (Lipinski definition) is 2. The molecular formula is C8H12BrF3N2O. The largest absolute Gasteiger partial charge is 0.393 e. The lowest BCUT2D eigenvalue weighted by Gasteiger charge is -2.33. The van der Waals surface area contributed by atoms with Gasteiger partial charge in [-0.2, -0.15) is 13.2 Å². The molecule has 0 aromatic heterocycles. The number of carbonyl (C=O) groups excluding carboxylic acids is 1. The van der Waals surface area contributed by atoms with Gasteiger partial charge < -0.3 is 10.6 Å². The number of amides is 1. The molecule has 0 saturated carbocycles. The number of piperidine rings is 1. The zero-order valence-electron chi connectivity index (χ0n) is 7.90. The molecule has 1 amide bonds. The molecule has 1 fully saturated rings. The lowest BCUT2D eigenvalue weighted by molar-refractivity contribution is -0.187. The summed E-state index contributed by atoms with van der Waals surface area (Å²) in [5, 5.41) is 5.22. The highest BCUT2D eigenvalue weighted by Crippen LogP contribution is 2.32. The second kappa shape index (κ2) is 5.16. The highest BCUT2D eigenvalue weighted by Gasteiger charge is 2.45. The summed E-state index contributed by atoms with van der Waals surface area (Å²) in [6.45, 7) is 0.508. The van der Waals surface area contributed by atoms with Crippen LogP contribution in [0.1, 0.15) is 6.42 Å². The molecule has 2 N–H and O–H groups in total. The van der Waals surface area contributed by atoms with Gasteiger partial charge in [-0.05, 0) is 13.0 Å². The van der Waals surface area contributed by atoms with Crippen LogP contribution in [-0.2, 0) is 4.79 Å². The van der Waals surface area contributed by atoms with Gasteiger partial charge in [-0.25, -0.2) is 0 Å². The Morgan fingerprint density at radius 1 is 1.53 bits per heavy atom. The van der Waals surface area contributed by atoms with Crippen molar-refractivity contribution < 1.29 is 18.0 Å². The van der Waals surface area contributed by atoms with Crippen molar-refractivity contribution in [1.29, 1.82) is 0 Å². The molecule has 88 valence electrons. The van der Waals surface area contributed by atoms with Crippen LogP contribution in [0.3, 0.4) is 0 Å². The van der Waals surface area contributed by atoms with E-state index in [9.17, 15) is 18.0 Å². The molecule has 0 aliphatic carbocycles. The minimum absolute atomic E-state index is 0.0106. The van der Waals surface area contributed by atoms with Gasteiger partial charge in [0.1, 0.15) is 0 Å². The summed E-state index contributed by atoms with van der Waals surface area (Å²) in [7, 11) is 0. The van der Waals surface area contributed by atoms with E-state index in [1.165, 1.54) is 0 Å². The van der Waals surface area contributed by atoms with Crippen LogP contribution in [0.15, 0.2) is 0 Å². The second-order valence-electron chi connectivity index (χ2n) is 3.45. The van der Waals surface area contributed by atoms with Crippen molar-refractivity contribution in [2.75, 3.05) is 18.4 Å². The molecule has 0 spiro atoms. The SMILES string of the molecule is O=C(CBr)NC1CNCCC1C(F)(F)F. The first-order chi connectivity index (χ1) is 6.95. The van der Waals surface area contributed by atoms with Gasteiger partial charge >= 0.3 is 6.18 Å². The first-order valence-electron chi connectivity index (χ1n) is 4.58. The molecule has 7 heteroatoms. The van der Waals surface area contributed by atoms with Gasteiger partial charge in [0.25, 0.3) is 0 Å². The van der Waals surface area contributed by atoms with Crippen LogP contribution in [0, 0.1) is 5.92 Å². The van der Waals surface area contributed by atoms with E-state index in [1.807, 2.05) is 0 Å². The van der Waals surface area contributed by atoms with E-state index in [4.69, 9.17) is 0 Å². The number of hydrogen-bond donors (Lipinski definition) is 2. The van der Waals surface area contributed by atoms with Gasteiger partial charge in [-0.1, -0.05) is 15.9 Å². The molecule has 1 saturated heterocycles. The fourth-order valence-electron chi connectivity index (χ4n) is 1.65. The maximum Gasteiger partial charge on any atom is 0.393 e. The third-order valence-corrected chi connectivity index (χ3v) is 2.88. The highest BCUT2D eigenvalue weighted by molar-refractivity contribution is 9.09. The normalized spacial score (nSPS) is 27.5. The van der Waals surface area contributed by atoms with E-state index in [1.54, 1.807) is 0 Å². The van der Waals surface area contributed by atoms with Crippen molar-refractivity contribution in [2.45, 2.75) is 18.6 Å². The lowest BCUT2D eigenvalue weighted by Crippen LogP contribution is -2.55. The van der Waals surface area contributed by atoms with Gasteiger partial charge in [0, 0.05) is 6.54 Å². The molecular weight excluding hydrogens is 277 g/mol. The minimum atomic E-state index is -4.24. The summed E-state index contributed by atoms with van der Waals surface area (Å²) >= 11 is 2.90. The van der Waals surface area contributed by atoms with E-state index in [0.29, 0.717) is 6.54 Å². The van der Waals surface area contributed by atoms with E-state index < -0.39 is 24.0 Å². The summed E-state index contributed by atoms with van der Waals surface area (Å²) < 4.78 is 37.7. The van der Waals surface area contributed by atoms with Crippen LogP contribution in [-0.4, -0.2) is 36.5 Å². The van der Waals surface area contributed by atoms with Crippen LogP contribution in [0.5, 0.6) is 0 Å². The Morgan fingerprint density at radius 3 is 2.73 bits per heavy atom. The number of nitrogens with one attached hydrogen (secondary N) is 2. The third kappa shape index (κ3) is 3.64. The number of halogens is 4. The summed E-state index contributed by atoms with van der Waals surface area (Å²) in [6, 6.07) is -0.858. The standard InChI is InChI=1S/C8H12BrF3N2O/c9-3-7(15)14-6-4-13-2-1-5(6)8(10,11)12/h5-6,13H,1-4H2,(H,14,15). The Kier molecular flexibility index (Phi) is 4.39. The molecule has 2 unspecified atom stereocenters. The lowest BCUT2D eigenvalue weighted by atomic mass is 9.92. The van der Waals surface area contributed by atoms with Gasteiger partial charge in [-0.3, -0.25) is 4.79 Å². The van der Waals surface area contributed by atoms with E-state index in [2.05, 4.69) is 26.6 Å². The van der Waals surface area contributed by atoms with Crippen LogP contribution in [0.2, 0.25) is 0 Å². The Hall–Kier alpha value is -0.300. The summed E-state index contributed by atoms with van der Waals surface area (Å²) in [4.78, 5) is 11.0. The first-order valence-corrected chi connectivity index (χ1v) is 5.70. The average molecular weight is 289 g/mol. The Bertz CT molecular complexity index is 234. The Balaban J connectivity index is 2.62. The predicted molar refractivity (Wildman–Crippen MR) is 52.8 cm³/mol. The zero-order valence-corrected chi connectivity index (χ0v) is 9.49. The topological polar surface area (TPSA) is 41.1 Å². The van der Waals surface area contributed by atoms with Crippen LogP contribution < -0.4 is 10.6 Å². The van der Waals surface area contributed by atoms with Crippen LogP contribution in [0.4, 0.5) is 13.2 Å². The maximum atomic E-state index is 12.6. The second-order valence-corrected chi connectivity index (χ2v) is 4.01. The van der Waals surface area contributed by atoms with Gasteiger partial charge in [0.2, 0.25) is 5.91 Å². The van der Waals surface area contributed by atoms with Gasteiger partial charge in [0.15, 0.2) is 0 Å². The molecule has 1 aliphatic rings. The van der Waals surface area contributed by atoms with Crippen molar-refractivity contribution in [1.82, 2.24) is 10.6 Å². The Morgan fingerprint density at radius 2 is 2.20 bits per heavy atom. The molecule has 0 radical (unpaired) electrons. The molecule has 1 rings (SSSR count). The number of carbonyl (C=O) groups is 1. The first kappa shape index (κ1) is 12.8. The quantitative estimate of drug-likeness (QED) is 0.746. The van der Waals surface area contributed by atoms with E-state index in [0.717, 1.165) is 0 Å². The summed E-state index contributed by atoms with van der Waals surface area (Å²) in [6.07, 6.45) is -4.23. The highest BCUT2D eigenvalue weighted by atomic mass is 79.9. The molecule has 15 heavy (non-hydrogen) atoms. The third-order valence-electron chi connectivity index (χ3n) is 2.37. The van der Waals surface area contributed by atoms with Gasteiger partial charge in [-0.15, -0.1) is 0 Å². The minimum Gasteiger partial charge on any atom is -0.351 e. The molecule has 0 bridgehead atoms. The Labute approximate surface area is 93.9 Å². The predicted octanol–water partition coefficient (Wildman–Crippen LogP) is 1.04. The fourth-order valence-corrected chi connectivity index (χ4v) is 1.81. The zero-order chi connectivity index (χ0) is 11.5. The van der Waals surface area contributed by atoms with Crippen molar-refractivity contribution in [3.8, 4) is 0 Å². The number of alkyl halides is 4. The molecule has 0 aromatic carbocycles. The smallest absolute Gasteiger partial charge is 0.351 e. The summed E-state index contributed by atoms with van der Waals surface area (Å²) in [5.74, 6) is -1.86. The summed E-state index contributed by atoms with van der Waals surface area (Å²) in [5.41, 5.74) is 0. The fraction of sp³-hybridized carbons (Fsp3) is 0.875. The molecule has 3 nitrogen and oxygen atoms in total. The monoisotopic (exact) mass is 288 g/mol. The molecule has 1 heterocycles. The van der Waals surface area contributed by atoms with Crippen molar-refractivity contribution in [3.63, 3.8) is 0 Å². The van der Waals surface area contributed by atoms with Crippen molar-refractivity contribution in [2.24, 2.45) is 5.92 Å². The van der Waals surface area contributed by atoms with Crippen molar-refractivity contribution in [3.05, 3.63) is 0 Å². The maximum absolute atomic E-state index is 12.6. The van der Waals surface area contributed by atoms with Crippen LogP contribution in [0.25, 0.3) is 0 Å². The number of rotatable bonds is 2. The molecule has 0 aromatic rings. The van der Waals surface area contributed by atoms with E-state index in [-0.39, 0.29) is 18.3 Å². The average Bonchev–Trinajstić information content (AvgIpc) is 2.17. The van der Waals surface area contributed by atoms with E-state index >= 15 is 0 Å². The van der Waals surface area contributed by atoms with Crippen LogP contribution >= 0.6 is 15.9 Å². The van der Waals surface area contributed by atoms with Crippen molar-refractivity contribution >= 4 is 21.8 Å².